The Kier molecular flexibility index (Phi) is 6.64. The summed E-state index contributed by atoms with van der Waals surface area (Å²) in [6.45, 7) is 3.32. The molecule has 1 N–H and O–H groups in total. The van der Waals surface area contributed by atoms with Crippen LogP contribution in [0.25, 0.3) is 0 Å². The second kappa shape index (κ2) is 9.05. The monoisotopic (exact) mass is 445 g/mol. The Morgan fingerprint density at radius 1 is 1.10 bits per heavy atom. The van der Waals surface area contributed by atoms with Crippen molar-refractivity contribution in [2.24, 2.45) is 0 Å². The zero-order valence-electron chi connectivity index (χ0n) is 17.9. The summed E-state index contributed by atoms with van der Waals surface area (Å²) >= 11 is 0. The summed E-state index contributed by atoms with van der Waals surface area (Å²) in [5.41, 5.74) is 3.42. The van der Waals surface area contributed by atoms with Crippen LogP contribution in [-0.2, 0) is 27.7 Å². The van der Waals surface area contributed by atoms with Gasteiger partial charge in [0.05, 0.1) is 22.9 Å². The smallest absolute Gasteiger partial charge is 0.271 e. The van der Waals surface area contributed by atoms with E-state index in [1.165, 1.54) is 42.7 Å². The summed E-state index contributed by atoms with van der Waals surface area (Å²) < 4.78 is 25.8. The van der Waals surface area contributed by atoms with Crippen molar-refractivity contribution in [1.29, 1.82) is 0 Å². The Labute approximate surface area is 182 Å². The number of hydrogen-bond donors (Lipinski definition) is 1. The molecule has 0 heterocycles. The first-order valence-electron chi connectivity index (χ1n) is 10.2. The molecule has 1 aliphatic carbocycles. The fourth-order valence-corrected chi connectivity index (χ4v) is 5.16. The number of carbonyl (C=O) groups is 1. The third-order valence-electron chi connectivity index (χ3n) is 5.61. The first-order valence-corrected chi connectivity index (χ1v) is 12.1. The number of fused-ring (bicyclic) bond motifs is 1. The molecular formula is C22H27N3O5S. The Hall–Kier alpha value is -2.94. The first kappa shape index (κ1) is 22.7. The molecule has 166 valence electrons. The molecule has 31 heavy (non-hydrogen) atoms. The lowest BCUT2D eigenvalue weighted by Crippen LogP contribution is -2.48. The number of nitro benzene ring substituents is 1. The number of nitro groups is 1. The second-order valence-corrected chi connectivity index (χ2v) is 9.84. The number of hydrogen-bond acceptors (Lipinski definition) is 5. The van der Waals surface area contributed by atoms with Gasteiger partial charge < -0.3 is 5.32 Å². The number of sulfonamides is 1. The number of amides is 1. The summed E-state index contributed by atoms with van der Waals surface area (Å²) in [6, 6.07) is 10.1. The maximum Gasteiger partial charge on any atom is 0.271 e. The van der Waals surface area contributed by atoms with Gasteiger partial charge >= 0.3 is 0 Å². The number of nitrogens with one attached hydrogen (secondary N) is 1. The molecule has 0 saturated carbocycles. The van der Waals surface area contributed by atoms with Gasteiger partial charge in [0.25, 0.3) is 5.69 Å². The van der Waals surface area contributed by atoms with E-state index in [2.05, 4.69) is 17.4 Å². The van der Waals surface area contributed by atoms with Gasteiger partial charge in [0.1, 0.15) is 6.04 Å². The predicted molar refractivity (Wildman–Crippen MR) is 120 cm³/mol. The molecule has 0 saturated heterocycles. The largest absolute Gasteiger partial charge is 0.348 e. The van der Waals surface area contributed by atoms with Crippen LogP contribution in [0.1, 0.15) is 49.4 Å². The third kappa shape index (κ3) is 5.22. The molecule has 0 radical (unpaired) electrons. The van der Waals surface area contributed by atoms with Gasteiger partial charge in [-0.05, 0) is 62.3 Å². The molecule has 0 spiro atoms. The summed E-state index contributed by atoms with van der Waals surface area (Å²) in [5.74, 6) is -0.484. The molecule has 0 unspecified atom stereocenters. The number of rotatable bonds is 7. The van der Waals surface area contributed by atoms with Gasteiger partial charge in [-0.2, -0.15) is 0 Å². The van der Waals surface area contributed by atoms with E-state index in [1.54, 1.807) is 0 Å². The number of anilines is 1. The number of nitrogens with zero attached hydrogens (tertiary/aromatic N) is 2. The molecule has 9 heteroatoms. The highest BCUT2D eigenvalue weighted by Gasteiger charge is 2.31. The topological polar surface area (TPSA) is 110 Å². The third-order valence-corrected chi connectivity index (χ3v) is 6.86. The summed E-state index contributed by atoms with van der Waals surface area (Å²) in [5, 5.41) is 14.0. The normalized spacial score (nSPS) is 15.5. The maximum atomic E-state index is 12.9. The van der Waals surface area contributed by atoms with Crippen molar-refractivity contribution in [2.45, 2.75) is 51.6 Å². The zero-order valence-corrected chi connectivity index (χ0v) is 18.7. The van der Waals surface area contributed by atoms with E-state index in [1.807, 2.05) is 13.0 Å². The summed E-state index contributed by atoms with van der Waals surface area (Å²) in [6.07, 6.45) is 5.41. The minimum Gasteiger partial charge on any atom is -0.348 e. The van der Waals surface area contributed by atoms with Gasteiger partial charge in [-0.25, -0.2) is 8.42 Å². The lowest BCUT2D eigenvalue weighted by atomic mass is 9.89. The number of non-ortho nitro benzene ring substituents is 1. The van der Waals surface area contributed by atoms with Crippen molar-refractivity contribution in [3.8, 4) is 0 Å². The molecule has 2 atom stereocenters. The van der Waals surface area contributed by atoms with Crippen molar-refractivity contribution in [3.63, 3.8) is 0 Å². The average Bonchev–Trinajstić information content (AvgIpc) is 2.72. The fourth-order valence-electron chi connectivity index (χ4n) is 3.99. The van der Waals surface area contributed by atoms with E-state index in [4.69, 9.17) is 0 Å². The fraction of sp³-hybridized carbons (Fsp3) is 0.409. The van der Waals surface area contributed by atoms with Gasteiger partial charge in [0.2, 0.25) is 15.9 Å². The number of aryl methyl sites for hydroxylation is 2. The Morgan fingerprint density at radius 3 is 2.42 bits per heavy atom. The molecule has 0 bridgehead atoms. The van der Waals surface area contributed by atoms with Crippen LogP contribution in [0.2, 0.25) is 0 Å². The maximum absolute atomic E-state index is 12.9. The Bertz CT molecular complexity index is 1100. The highest BCUT2D eigenvalue weighted by atomic mass is 32.2. The molecule has 1 aliphatic rings. The first-order chi connectivity index (χ1) is 14.6. The summed E-state index contributed by atoms with van der Waals surface area (Å²) in [4.78, 5) is 23.4. The van der Waals surface area contributed by atoms with Crippen LogP contribution >= 0.6 is 0 Å². The average molecular weight is 446 g/mol. The van der Waals surface area contributed by atoms with Gasteiger partial charge in [0, 0.05) is 12.1 Å². The van der Waals surface area contributed by atoms with Crippen LogP contribution in [0.15, 0.2) is 42.5 Å². The molecule has 3 rings (SSSR count). The minimum absolute atomic E-state index is 0.0702. The Morgan fingerprint density at radius 2 is 1.77 bits per heavy atom. The van der Waals surface area contributed by atoms with E-state index in [0.29, 0.717) is 0 Å². The molecule has 1 amide bonds. The molecule has 2 aromatic rings. The molecule has 0 aromatic heterocycles. The van der Waals surface area contributed by atoms with Crippen molar-refractivity contribution in [3.05, 3.63) is 69.3 Å². The zero-order chi connectivity index (χ0) is 22.8. The van der Waals surface area contributed by atoms with E-state index >= 15 is 0 Å². The number of carbonyl (C=O) groups excluding carboxylic acids is 1. The number of benzene rings is 2. The molecule has 8 nitrogen and oxygen atoms in total. The van der Waals surface area contributed by atoms with Crippen molar-refractivity contribution >= 4 is 27.3 Å². The Balaban J connectivity index is 1.82. The quantitative estimate of drug-likeness (QED) is 0.518. The van der Waals surface area contributed by atoms with Gasteiger partial charge in [-0.15, -0.1) is 0 Å². The molecule has 0 aliphatic heterocycles. The standard InChI is InChI=1S/C22H27N3O5S/c1-15(18-12-11-17-7-4-5-8-19(17)13-18)23-22(26)16(2)24(31(3,29)30)20-9-6-10-21(14-20)25(27)28/h6,9-16H,4-5,7-8H2,1-3H3,(H,23,26)/t15-,16-/m1/s1. The van der Waals surface area contributed by atoms with E-state index in [-0.39, 0.29) is 17.4 Å². The van der Waals surface area contributed by atoms with Crippen LogP contribution in [-0.4, -0.2) is 31.5 Å². The van der Waals surface area contributed by atoms with Crippen LogP contribution in [0.5, 0.6) is 0 Å². The van der Waals surface area contributed by atoms with E-state index < -0.39 is 26.9 Å². The summed E-state index contributed by atoms with van der Waals surface area (Å²) in [7, 11) is -3.87. The SMILES string of the molecule is C[C@H](C(=O)N[C@H](C)c1ccc2c(c1)CCCC2)N(c1cccc([N+](=O)[O-])c1)S(C)(=O)=O. The molecule has 2 aromatic carbocycles. The van der Waals surface area contributed by atoms with Crippen LogP contribution in [0.3, 0.4) is 0 Å². The van der Waals surface area contributed by atoms with E-state index in [9.17, 15) is 23.3 Å². The van der Waals surface area contributed by atoms with E-state index in [0.717, 1.165) is 41.5 Å². The van der Waals surface area contributed by atoms with Crippen molar-refractivity contribution in [2.75, 3.05) is 10.6 Å². The van der Waals surface area contributed by atoms with Crippen LogP contribution in [0.4, 0.5) is 11.4 Å². The highest BCUT2D eigenvalue weighted by Crippen LogP contribution is 2.27. The van der Waals surface area contributed by atoms with Gasteiger partial charge in [-0.3, -0.25) is 19.2 Å². The van der Waals surface area contributed by atoms with Crippen LogP contribution in [0, 0.1) is 10.1 Å². The molecule has 0 fully saturated rings. The highest BCUT2D eigenvalue weighted by molar-refractivity contribution is 7.92. The second-order valence-electron chi connectivity index (χ2n) is 7.98. The van der Waals surface area contributed by atoms with Crippen LogP contribution < -0.4 is 9.62 Å². The van der Waals surface area contributed by atoms with Crippen molar-refractivity contribution < 1.29 is 18.1 Å². The van der Waals surface area contributed by atoms with Gasteiger partial charge in [0.15, 0.2) is 0 Å². The van der Waals surface area contributed by atoms with Crippen molar-refractivity contribution in [1.82, 2.24) is 5.32 Å². The lowest BCUT2D eigenvalue weighted by Gasteiger charge is -2.29. The minimum atomic E-state index is -3.87. The predicted octanol–water partition coefficient (Wildman–Crippen LogP) is 3.51. The lowest BCUT2D eigenvalue weighted by molar-refractivity contribution is -0.384. The van der Waals surface area contributed by atoms with Gasteiger partial charge in [-0.1, -0.05) is 24.3 Å². The molecular weight excluding hydrogens is 418 g/mol.